The summed E-state index contributed by atoms with van der Waals surface area (Å²) in [7, 11) is 0. The van der Waals surface area contributed by atoms with Crippen LogP contribution in [0, 0.1) is 5.41 Å². The zero-order valence-corrected chi connectivity index (χ0v) is 16.7. The highest BCUT2D eigenvalue weighted by atomic mass is 32.1. The van der Waals surface area contributed by atoms with Crippen molar-refractivity contribution in [1.82, 2.24) is 20.3 Å². The fourth-order valence-electron chi connectivity index (χ4n) is 2.43. The van der Waals surface area contributed by atoms with Crippen molar-refractivity contribution in [1.29, 1.82) is 0 Å². The number of carbonyl (C=O) groups is 1. The topological polar surface area (TPSA) is 71.8 Å². The maximum absolute atomic E-state index is 12.0. The van der Waals surface area contributed by atoms with Crippen LogP contribution < -0.4 is 10.6 Å². The van der Waals surface area contributed by atoms with E-state index in [1.165, 1.54) is 5.56 Å². The maximum atomic E-state index is 12.0. The van der Waals surface area contributed by atoms with E-state index >= 15 is 0 Å². The van der Waals surface area contributed by atoms with Gasteiger partial charge in [0.15, 0.2) is 5.11 Å². The van der Waals surface area contributed by atoms with Gasteiger partial charge < -0.3 is 10.6 Å². The van der Waals surface area contributed by atoms with Crippen LogP contribution in [0.4, 0.5) is 5.69 Å². The minimum atomic E-state index is -0.508. The summed E-state index contributed by atoms with van der Waals surface area (Å²) in [4.78, 5) is 13.6. The summed E-state index contributed by atoms with van der Waals surface area (Å²) in [5.74, 6) is -0.137. The van der Waals surface area contributed by atoms with Crippen molar-refractivity contribution in [3.05, 3.63) is 48.0 Å². The lowest BCUT2D eigenvalue weighted by Crippen LogP contribution is -2.41. The van der Waals surface area contributed by atoms with Crippen LogP contribution in [0.3, 0.4) is 0 Å². The molecule has 1 heterocycles. The Bertz CT molecular complexity index is 986. The first-order valence-electron chi connectivity index (χ1n) is 8.85. The number of amides is 1. The summed E-state index contributed by atoms with van der Waals surface area (Å²) in [6.07, 6.45) is 0.996. The summed E-state index contributed by atoms with van der Waals surface area (Å²) in [5, 5.41) is 15.0. The van der Waals surface area contributed by atoms with Crippen molar-refractivity contribution in [3.8, 4) is 5.69 Å². The molecule has 0 saturated carbocycles. The van der Waals surface area contributed by atoms with Crippen molar-refractivity contribution < 1.29 is 4.79 Å². The molecule has 3 rings (SSSR count). The van der Waals surface area contributed by atoms with Gasteiger partial charge in [-0.2, -0.15) is 4.80 Å². The summed E-state index contributed by atoms with van der Waals surface area (Å²) >= 11 is 5.22. The van der Waals surface area contributed by atoms with Crippen molar-refractivity contribution in [2.45, 2.75) is 34.1 Å². The Kier molecular flexibility index (Phi) is 5.23. The van der Waals surface area contributed by atoms with E-state index in [-0.39, 0.29) is 11.0 Å². The third kappa shape index (κ3) is 4.49. The number of nitrogens with one attached hydrogen (secondary N) is 2. The zero-order chi connectivity index (χ0) is 19.6. The standard InChI is InChI=1S/C20H23N5OS/c1-5-13-6-9-15(10-7-13)25-23-16-11-8-14(12-17(16)24-25)21-19(27)22-18(26)20(2,3)4/h6-12H,5H2,1-4H3,(H2,21,22,26,27). The molecule has 1 amide bonds. The Labute approximate surface area is 164 Å². The van der Waals surface area contributed by atoms with E-state index in [2.05, 4.69) is 39.9 Å². The first-order valence-corrected chi connectivity index (χ1v) is 9.26. The molecule has 0 radical (unpaired) electrons. The molecular weight excluding hydrogens is 358 g/mol. The summed E-state index contributed by atoms with van der Waals surface area (Å²) < 4.78 is 0. The second-order valence-electron chi connectivity index (χ2n) is 7.37. The molecule has 0 fully saturated rings. The van der Waals surface area contributed by atoms with Crippen LogP contribution in [0.15, 0.2) is 42.5 Å². The Balaban J connectivity index is 1.77. The van der Waals surface area contributed by atoms with Gasteiger partial charge in [-0.05, 0) is 54.5 Å². The molecule has 0 spiro atoms. The molecule has 2 aromatic carbocycles. The molecule has 0 bridgehead atoms. The molecule has 0 atom stereocenters. The van der Waals surface area contributed by atoms with Crippen LogP contribution in [0.5, 0.6) is 0 Å². The van der Waals surface area contributed by atoms with Gasteiger partial charge >= 0.3 is 0 Å². The molecule has 6 nitrogen and oxygen atoms in total. The number of anilines is 1. The molecule has 0 aliphatic heterocycles. The van der Waals surface area contributed by atoms with E-state index in [0.717, 1.165) is 28.8 Å². The zero-order valence-electron chi connectivity index (χ0n) is 15.9. The van der Waals surface area contributed by atoms with Crippen molar-refractivity contribution in [2.75, 3.05) is 5.32 Å². The normalized spacial score (nSPS) is 11.4. The number of aromatic nitrogens is 3. The Morgan fingerprint density at radius 3 is 2.37 bits per heavy atom. The Morgan fingerprint density at radius 1 is 1.07 bits per heavy atom. The van der Waals surface area contributed by atoms with Crippen LogP contribution in [0.1, 0.15) is 33.3 Å². The van der Waals surface area contributed by atoms with Gasteiger partial charge in [-0.25, -0.2) is 0 Å². The number of hydrogen-bond donors (Lipinski definition) is 2. The first-order chi connectivity index (χ1) is 12.8. The average Bonchev–Trinajstić information content (AvgIpc) is 3.04. The quantitative estimate of drug-likeness (QED) is 0.675. The smallest absolute Gasteiger partial charge is 0.231 e. The second kappa shape index (κ2) is 7.44. The van der Waals surface area contributed by atoms with E-state index in [1.807, 2.05) is 51.1 Å². The highest BCUT2D eigenvalue weighted by Crippen LogP contribution is 2.18. The molecule has 0 aliphatic carbocycles. The predicted octanol–water partition coefficient (Wildman–Crippen LogP) is 3.84. The lowest BCUT2D eigenvalue weighted by atomic mass is 9.96. The molecule has 3 aromatic rings. The average molecular weight is 382 g/mol. The second-order valence-corrected chi connectivity index (χ2v) is 7.78. The first kappa shape index (κ1) is 19.0. The number of nitrogens with zero attached hydrogens (tertiary/aromatic N) is 3. The van der Waals surface area contributed by atoms with Gasteiger partial charge in [-0.15, -0.1) is 10.2 Å². The molecular formula is C20H23N5OS. The number of aryl methyl sites for hydroxylation is 1. The van der Waals surface area contributed by atoms with Gasteiger partial charge in [0.25, 0.3) is 0 Å². The highest BCUT2D eigenvalue weighted by molar-refractivity contribution is 7.80. The summed E-state index contributed by atoms with van der Waals surface area (Å²) in [5.41, 5.74) is 3.94. The van der Waals surface area contributed by atoms with Crippen molar-refractivity contribution >= 4 is 40.0 Å². The van der Waals surface area contributed by atoms with Gasteiger partial charge in [0, 0.05) is 11.1 Å². The predicted molar refractivity (Wildman–Crippen MR) is 112 cm³/mol. The largest absolute Gasteiger partial charge is 0.332 e. The van der Waals surface area contributed by atoms with Gasteiger partial charge in [0.1, 0.15) is 11.0 Å². The lowest BCUT2D eigenvalue weighted by Gasteiger charge is -2.18. The van der Waals surface area contributed by atoms with Crippen LogP contribution in [-0.2, 0) is 11.2 Å². The number of fused-ring (bicyclic) bond motifs is 1. The molecule has 0 unspecified atom stereocenters. The highest BCUT2D eigenvalue weighted by Gasteiger charge is 2.22. The van der Waals surface area contributed by atoms with E-state index in [1.54, 1.807) is 4.80 Å². The minimum absolute atomic E-state index is 0.137. The number of benzene rings is 2. The fourth-order valence-corrected chi connectivity index (χ4v) is 2.64. The van der Waals surface area contributed by atoms with Gasteiger partial charge in [-0.3, -0.25) is 4.79 Å². The van der Waals surface area contributed by atoms with Crippen LogP contribution in [0.25, 0.3) is 16.7 Å². The third-order valence-electron chi connectivity index (χ3n) is 4.12. The molecule has 0 saturated heterocycles. The fraction of sp³-hybridized carbons (Fsp3) is 0.300. The van der Waals surface area contributed by atoms with E-state index < -0.39 is 5.41 Å². The monoisotopic (exact) mass is 381 g/mol. The Hall–Kier alpha value is -2.80. The molecule has 140 valence electrons. The molecule has 1 aromatic heterocycles. The Morgan fingerprint density at radius 2 is 1.74 bits per heavy atom. The van der Waals surface area contributed by atoms with Crippen molar-refractivity contribution in [2.24, 2.45) is 5.41 Å². The number of hydrogen-bond acceptors (Lipinski definition) is 4. The molecule has 2 N–H and O–H groups in total. The SMILES string of the molecule is CCc1ccc(-n2nc3ccc(NC(=S)NC(=O)C(C)(C)C)cc3n2)cc1. The minimum Gasteiger partial charge on any atom is -0.332 e. The lowest BCUT2D eigenvalue weighted by molar-refractivity contribution is -0.126. The molecule has 27 heavy (non-hydrogen) atoms. The van der Waals surface area contributed by atoms with E-state index in [4.69, 9.17) is 12.2 Å². The van der Waals surface area contributed by atoms with Crippen LogP contribution >= 0.6 is 12.2 Å². The van der Waals surface area contributed by atoms with Gasteiger partial charge in [0.2, 0.25) is 5.91 Å². The van der Waals surface area contributed by atoms with Crippen molar-refractivity contribution in [3.63, 3.8) is 0 Å². The number of rotatable bonds is 3. The maximum Gasteiger partial charge on any atom is 0.231 e. The van der Waals surface area contributed by atoms with E-state index in [9.17, 15) is 4.79 Å². The van der Waals surface area contributed by atoms with E-state index in [0.29, 0.717) is 0 Å². The number of carbonyl (C=O) groups excluding carboxylic acids is 1. The summed E-state index contributed by atoms with van der Waals surface area (Å²) in [6.45, 7) is 7.63. The summed E-state index contributed by atoms with van der Waals surface area (Å²) in [6, 6.07) is 13.8. The van der Waals surface area contributed by atoms with Gasteiger partial charge in [0.05, 0.1) is 5.69 Å². The van der Waals surface area contributed by atoms with Crippen LogP contribution in [-0.4, -0.2) is 26.0 Å². The number of thiocarbonyl (C=S) groups is 1. The van der Waals surface area contributed by atoms with Crippen LogP contribution in [0.2, 0.25) is 0 Å². The van der Waals surface area contributed by atoms with Gasteiger partial charge in [-0.1, -0.05) is 39.8 Å². The molecule has 7 heteroatoms. The third-order valence-corrected chi connectivity index (χ3v) is 4.33. The molecule has 0 aliphatic rings.